The lowest BCUT2D eigenvalue weighted by molar-refractivity contribution is -0.133. The molecule has 1 atom stereocenters. The van der Waals surface area contributed by atoms with Gasteiger partial charge in [-0.2, -0.15) is 0 Å². The average molecular weight is 726 g/mol. The largest absolute Gasteiger partial charge is 0.495 e. The first-order valence-electron chi connectivity index (χ1n) is 15.2. The fraction of sp³-hybridized carbons (Fsp3) is 0.281. The zero-order chi connectivity index (χ0) is 36.5. The molecule has 16 nitrogen and oxygen atoms in total. The van der Waals surface area contributed by atoms with Crippen LogP contribution in [-0.2, 0) is 36.2 Å². The maximum absolute atomic E-state index is 14.5. The number of para-hydroxylation sites is 1. The number of ether oxygens (including phenoxy) is 1. The second-order valence-corrected chi connectivity index (χ2v) is 15.3. The molecule has 264 valence electrons. The van der Waals surface area contributed by atoms with Crippen LogP contribution in [0.5, 0.6) is 5.75 Å². The van der Waals surface area contributed by atoms with Gasteiger partial charge < -0.3 is 15.0 Å². The van der Waals surface area contributed by atoms with Crippen molar-refractivity contribution in [1.82, 2.24) is 24.1 Å². The van der Waals surface area contributed by atoms with E-state index in [0.717, 1.165) is 16.9 Å². The Kier molecular flexibility index (Phi) is 9.99. The number of nitrogens with one attached hydrogen (secondary N) is 3. The normalized spacial score (nSPS) is 14.4. The number of fused-ring (bicyclic) bond motifs is 1. The van der Waals surface area contributed by atoms with Gasteiger partial charge in [0.1, 0.15) is 23.6 Å². The van der Waals surface area contributed by atoms with Crippen LogP contribution in [0.2, 0.25) is 0 Å². The fourth-order valence-electron chi connectivity index (χ4n) is 5.58. The lowest BCUT2D eigenvalue weighted by Gasteiger charge is -2.29. The van der Waals surface area contributed by atoms with Crippen molar-refractivity contribution in [2.45, 2.75) is 37.4 Å². The number of nitrogens with zero attached hydrogens (tertiary/aromatic N) is 4. The SMILES string of the molecule is CNS(=O)(=O)c1ccc(OC)c(NC(=O)C(c2nc3c(NS(C)(=O)=O)cccc3c(=O)n2C(C)C)N2C(=O)CN(Cc3ccccc3)C2=O)c1. The van der Waals surface area contributed by atoms with Gasteiger partial charge >= 0.3 is 6.03 Å². The predicted octanol–water partition coefficient (Wildman–Crippen LogP) is 2.41. The van der Waals surface area contributed by atoms with E-state index in [4.69, 9.17) is 4.74 Å². The minimum absolute atomic E-state index is 0.00619. The molecule has 0 saturated carbocycles. The van der Waals surface area contributed by atoms with Crippen LogP contribution in [0, 0.1) is 0 Å². The minimum atomic E-state index is -3.99. The Bertz CT molecular complexity index is 2280. The molecule has 4 amide bonds. The molecule has 3 aromatic carbocycles. The minimum Gasteiger partial charge on any atom is -0.495 e. The van der Waals surface area contributed by atoms with Crippen LogP contribution in [0.3, 0.4) is 0 Å². The molecule has 4 aromatic rings. The third-order valence-electron chi connectivity index (χ3n) is 7.82. The number of rotatable bonds is 12. The molecular weight excluding hydrogens is 691 g/mol. The van der Waals surface area contributed by atoms with Crippen molar-refractivity contribution in [2.24, 2.45) is 0 Å². The Labute approximate surface area is 288 Å². The number of hydrogen-bond acceptors (Lipinski definition) is 10. The van der Waals surface area contributed by atoms with Gasteiger partial charge in [-0.15, -0.1) is 0 Å². The molecule has 1 saturated heterocycles. The van der Waals surface area contributed by atoms with E-state index in [1.807, 2.05) is 0 Å². The number of aromatic nitrogens is 2. The van der Waals surface area contributed by atoms with E-state index in [1.165, 1.54) is 49.4 Å². The van der Waals surface area contributed by atoms with Gasteiger partial charge in [-0.05, 0) is 56.8 Å². The molecule has 1 aromatic heterocycles. The van der Waals surface area contributed by atoms with E-state index >= 15 is 0 Å². The second-order valence-electron chi connectivity index (χ2n) is 11.7. The van der Waals surface area contributed by atoms with E-state index in [2.05, 4.69) is 19.7 Å². The Hall–Kier alpha value is -5.33. The Morgan fingerprint density at radius 2 is 1.66 bits per heavy atom. The summed E-state index contributed by atoms with van der Waals surface area (Å²) in [6.07, 6.45) is 0.914. The molecule has 0 bridgehead atoms. The standard InChI is InChI=1S/C32H35N7O9S2/c1-19(2)38-29(35-27-22(31(38)42)12-9-13-23(27)36-49(5,44)45)28(39-26(40)18-37(32(39)43)17-20-10-7-6-8-11-20)30(41)34-24-16-21(50(46,47)33-3)14-15-25(24)48-4/h6-16,19,28,33,36H,17-18H2,1-5H3,(H,34,41). The maximum Gasteiger partial charge on any atom is 0.328 e. The van der Waals surface area contributed by atoms with Crippen LogP contribution in [0.1, 0.15) is 37.3 Å². The predicted molar refractivity (Wildman–Crippen MR) is 185 cm³/mol. The van der Waals surface area contributed by atoms with Crippen LogP contribution < -0.4 is 25.1 Å². The molecule has 0 radical (unpaired) electrons. The van der Waals surface area contributed by atoms with Gasteiger partial charge in [-0.25, -0.2) is 36.2 Å². The van der Waals surface area contributed by atoms with Gasteiger partial charge in [0.2, 0.25) is 20.0 Å². The Morgan fingerprint density at radius 3 is 2.28 bits per heavy atom. The van der Waals surface area contributed by atoms with Crippen molar-refractivity contribution in [2.75, 3.05) is 37.0 Å². The topological polar surface area (TPSA) is 206 Å². The number of sulfonamides is 2. The summed E-state index contributed by atoms with van der Waals surface area (Å²) < 4.78 is 60.8. The Balaban J connectivity index is 1.74. The lowest BCUT2D eigenvalue weighted by Crippen LogP contribution is -2.45. The molecule has 3 N–H and O–H groups in total. The number of carbonyl (C=O) groups is 3. The summed E-state index contributed by atoms with van der Waals surface area (Å²) >= 11 is 0. The first-order chi connectivity index (χ1) is 23.6. The van der Waals surface area contributed by atoms with Crippen molar-refractivity contribution >= 4 is 60.2 Å². The van der Waals surface area contributed by atoms with Crippen molar-refractivity contribution in [3.05, 3.63) is 88.5 Å². The van der Waals surface area contributed by atoms with Gasteiger partial charge in [-0.1, -0.05) is 36.4 Å². The molecule has 5 rings (SSSR count). The molecular formula is C32H35N7O9S2. The highest BCUT2D eigenvalue weighted by Crippen LogP contribution is 2.33. The molecule has 1 fully saturated rings. The summed E-state index contributed by atoms with van der Waals surface area (Å²) in [7, 11) is -5.35. The number of carbonyl (C=O) groups excluding carboxylic acids is 3. The highest BCUT2D eigenvalue weighted by atomic mass is 32.2. The van der Waals surface area contributed by atoms with Crippen LogP contribution in [0.25, 0.3) is 10.9 Å². The zero-order valence-corrected chi connectivity index (χ0v) is 29.3. The monoisotopic (exact) mass is 725 g/mol. The van der Waals surface area contributed by atoms with Crippen LogP contribution in [-0.4, -0.2) is 81.0 Å². The van der Waals surface area contributed by atoms with Crippen LogP contribution in [0.4, 0.5) is 16.2 Å². The number of methoxy groups -OCH3 is 1. The number of imide groups is 1. The number of benzene rings is 3. The molecule has 1 unspecified atom stereocenters. The van der Waals surface area contributed by atoms with Gasteiger partial charge in [0.15, 0.2) is 6.04 Å². The summed E-state index contributed by atoms with van der Waals surface area (Å²) in [6, 6.07) is 13.4. The summed E-state index contributed by atoms with van der Waals surface area (Å²) in [5, 5.41) is 2.58. The molecule has 2 heterocycles. The fourth-order valence-corrected chi connectivity index (χ4v) is 6.90. The van der Waals surface area contributed by atoms with Gasteiger partial charge in [0.05, 0.1) is 35.0 Å². The quantitative estimate of drug-likeness (QED) is 0.182. The second kappa shape index (κ2) is 13.9. The molecule has 0 spiro atoms. The van der Waals surface area contributed by atoms with Gasteiger partial charge in [0.25, 0.3) is 17.4 Å². The van der Waals surface area contributed by atoms with E-state index < -0.39 is 62.1 Å². The van der Waals surface area contributed by atoms with Gasteiger partial charge in [0, 0.05) is 12.6 Å². The summed E-state index contributed by atoms with van der Waals surface area (Å²) in [4.78, 5) is 62.7. The van der Waals surface area contributed by atoms with E-state index in [1.54, 1.807) is 44.2 Å². The first kappa shape index (κ1) is 36.0. The van der Waals surface area contributed by atoms with Crippen molar-refractivity contribution < 1.29 is 36.0 Å². The maximum atomic E-state index is 14.5. The van der Waals surface area contributed by atoms with E-state index in [-0.39, 0.29) is 45.3 Å². The molecule has 1 aliphatic rings. The Morgan fingerprint density at radius 1 is 0.960 bits per heavy atom. The van der Waals surface area contributed by atoms with E-state index in [0.29, 0.717) is 10.5 Å². The van der Waals surface area contributed by atoms with Crippen molar-refractivity contribution in [1.29, 1.82) is 0 Å². The van der Waals surface area contributed by atoms with Crippen molar-refractivity contribution in [3.8, 4) is 5.75 Å². The van der Waals surface area contributed by atoms with Crippen molar-refractivity contribution in [3.63, 3.8) is 0 Å². The number of hydrogen-bond donors (Lipinski definition) is 3. The lowest BCUT2D eigenvalue weighted by atomic mass is 10.1. The molecule has 1 aliphatic heterocycles. The number of anilines is 2. The van der Waals surface area contributed by atoms with Crippen LogP contribution >= 0.6 is 0 Å². The molecule has 18 heteroatoms. The van der Waals surface area contributed by atoms with Gasteiger partial charge in [-0.3, -0.25) is 23.7 Å². The summed E-state index contributed by atoms with van der Waals surface area (Å²) in [5.74, 6) is -2.13. The highest BCUT2D eigenvalue weighted by molar-refractivity contribution is 7.92. The first-order valence-corrected chi connectivity index (χ1v) is 18.5. The smallest absolute Gasteiger partial charge is 0.328 e. The van der Waals surface area contributed by atoms with Crippen LogP contribution in [0.15, 0.2) is 76.4 Å². The summed E-state index contributed by atoms with van der Waals surface area (Å²) in [5.41, 5.74) is -0.293. The zero-order valence-electron chi connectivity index (χ0n) is 27.7. The number of urea groups is 1. The summed E-state index contributed by atoms with van der Waals surface area (Å²) in [6.45, 7) is 2.89. The third kappa shape index (κ3) is 7.17. The van der Waals surface area contributed by atoms with E-state index in [9.17, 15) is 36.0 Å². The average Bonchev–Trinajstić information content (AvgIpc) is 3.32. The third-order valence-corrected chi connectivity index (χ3v) is 9.82. The highest BCUT2D eigenvalue weighted by Gasteiger charge is 2.46. The molecule has 0 aliphatic carbocycles. The number of amides is 4. The molecule has 50 heavy (non-hydrogen) atoms.